The number of rotatable bonds is 20. The summed E-state index contributed by atoms with van der Waals surface area (Å²) in [4.78, 5) is 12.8. The van der Waals surface area contributed by atoms with Gasteiger partial charge in [0.1, 0.15) is 0 Å². The number of benzene rings is 1. The highest BCUT2D eigenvalue weighted by Gasteiger charge is 2.20. The zero-order valence-corrected chi connectivity index (χ0v) is 20.2. The van der Waals surface area contributed by atoms with Crippen molar-refractivity contribution in [2.24, 2.45) is 0 Å². The van der Waals surface area contributed by atoms with Crippen LogP contribution in [0, 0.1) is 0 Å². The molecule has 1 N–H and O–H groups in total. The lowest BCUT2D eigenvalue weighted by Crippen LogP contribution is -2.38. The quantitative estimate of drug-likeness (QED) is 0.169. The van der Waals surface area contributed by atoms with Crippen molar-refractivity contribution in [2.45, 2.75) is 130 Å². The molecule has 1 aromatic rings. The number of nitrogens with zero attached hydrogens (tertiary/aromatic N) is 1. The van der Waals surface area contributed by atoms with E-state index in [1.807, 2.05) is 30.3 Å². The lowest BCUT2D eigenvalue weighted by molar-refractivity contribution is -0.390. The molecule has 0 aromatic heterocycles. The predicted octanol–water partition coefficient (Wildman–Crippen LogP) is 8.46. The first-order valence-electron chi connectivity index (χ1n) is 12.7. The minimum atomic E-state index is 0.186. The Morgan fingerprint density at radius 1 is 0.633 bits per heavy atom. The molecular weight excluding hydrogens is 372 g/mol. The summed E-state index contributed by atoms with van der Waals surface area (Å²) in [7, 11) is 0. The maximum atomic E-state index is 6.38. The number of anilines is 1. The van der Waals surface area contributed by atoms with Gasteiger partial charge in [-0.2, -0.15) is 0 Å². The van der Waals surface area contributed by atoms with E-state index in [9.17, 15) is 0 Å². The standard InChI is InChI=1S/C26H48N2O2/c1-5-9-11-16-22-25(18-7-3)29-28(27-24-20-14-13-15-21-24)30-26(19-8-4)23-17-12-10-6-2/h13-15,20-21,25-27H,5-12,16-19,22-23H2,1-4H3. The van der Waals surface area contributed by atoms with E-state index in [0.29, 0.717) is 0 Å². The largest absolute Gasteiger partial charge is 0.272 e. The van der Waals surface area contributed by atoms with Crippen LogP contribution in [0.1, 0.15) is 118 Å². The molecule has 0 fully saturated rings. The molecule has 4 heteroatoms. The molecule has 174 valence electrons. The molecule has 0 radical (unpaired) electrons. The Hall–Kier alpha value is -1.10. The van der Waals surface area contributed by atoms with Crippen LogP contribution in [0.4, 0.5) is 5.69 Å². The molecule has 0 aliphatic carbocycles. The molecule has 0 saturated heterocycles. The maximum absolute atomic E-state index is 6.38. The molecule has 0 aliphatic heterocycles. The highest BCUT2D eigenvalue weighted by atomic mass is 17.0. The van der Waals surface area contributed by atoms with E-state index >= 15 is 0 Å². The van der Waals surface area contributed by atoms with Gasteiger partial charge in [0.15, 0.2) is 0 Å². The van der Waals surface area contributed by atoms with Gasteiger partial charge in [-0.1, -0.05) is 110 Å². The fourth-order valence-electron chi connectivity index (χ4n) is 3.71. The minimum Gasteiger partial charge on any atom is -0.272 e. The van der Waals surface area contributed by atoms with E-state index in [4.69, 9.17) is 9.68 Å². The first-order chi connectivity index (χ1) is 14.7. The maximum Gasteiger partial charge on any atom is 0.0839 e. The van der Waals surface area contributed by atoms with Crippen molar-refractivity contribution < 1.29 is 9.68 Å². The Kier molecular flexibility index (Phi) is 16.7. The second kappa shape index (κ2) is 18.7. The average Bonchev–Trinajstić information content (AvgIpc) is 2.75. The summed E-state index contributed by atoms with van der Waals surface area (Å²) < 4.78 is 0. The summed E-state index contributed by atoms with van der Waals surface area (Å²) in [5, 5.41) is 1.58. The van der Waals surface area contributed by atoms with Crippen LogP contribution >= 0.6 is 0 Å². The topological polar surface area (TPSA) is 33.7 Å². The van der Waals surface area contributed by atoms with Gasteiger partial charge in [-0.3, -0.25) is 15.1 Å². The summed E-state index contributed by atoms with van der Waals surface area (Å²) in [5.74, 6) is 0. The van der Waals surface area contributed by atoms with Crippen molar-refractivity contribution in [1.82, 2.24) is 5.34 Å². The zero-order chi connectivity index (χ0) is 21.9. The highest BCUT2D eigenvalue weighted by molar-refractivity contribution is 5.40. The second-order valence-corrected chi connectivity index (χ2v) is 8.47. The Morgan fingerprint density at radius 3 is 1.57 bits per heavy atom. The molecule has 0 spiro atoms. The molecular formula is C26H48N2O2. The number of hydrogen-bond acceptors (Lipinski definition) is 4. The normalized spacial score (nSPS) is 13.5. The van der Waals surface area contributed by atoms with Gasteiger partial charge in [0.05, 0.1) is 17.9 Å². The second-order valence-electron chi connectivity index (χ2n) is 8.47. The van der Waals surface area contributed by atoms with Gasteiger partial charge in [-0.15, -0.1) is 0 Å². The van der Waals surface area contributed by atoms with Gasteiger partial charge >= 0.3 is 0 Å². The summed E-state index contributed by atoms with van der Waals surface area (Å²) >= 11 is 0. The highest BCUT2D eigenvalue weighted by Crippen LogP contribution is 2.20. The fourth-order valence-corrected chi connectivity index (χ4v) is 3.71. The van der Waals surface area contributed by atoms with E-state index in [1.54, 1.807) is 5.34 Å². The Morgan fingerprint density at radius 2 is 1.13 bits per heavy atom. The number of para-hydroxylation sites is 1. The van der Waals surface area contributed by atoms with Crippen LogP contribution < -0.4 is 5.43 Å². The minimum absolute atomic E-state index is 0.186. The van der Waals surface area contributed by atoms with Crippen LogP contribution in [-0.4, -0.2) is 17.5 Å². The van der Waals surface area contributed by atoms with Gasteiger partial charge in [-0.05, 0) is 37.8 Å². The van der Waals surface area contributed by atoms with Crippen LogP contribution in [0.3, 0.4) is 0 Å². The molecule has 2 unspecified atom stereocenters. The van der Waals surface area contributed by atoms with Crippen molar-refractivity contribution in [3.63, 3.8) is 0 Å². The molecule has 0 amide bonds. The zero-order valence-electron chi connectivity index (χ0n) is 20.2. The smallest absolute Gasteiger partial charge is 0.0839 e. The summed E-state index contributed by atoms with van der Waals surface area (Å²) in [5.41, 5.74) is 4.33. The van der Waals surface area contributed by atoms with Gasteiger partial charge in [0.2, 0.25) is 0 Å². The number of hydrogen-bond donors (Lipinski definition) is 1. The van der Waals surface area contributed by atoms with Crippen molar-refractivity contribution in [3.05, 3.63) is 30.3 Å². The Balaban J connectivity index is 2.74. The summed E-state index contributed by atoms with van der Waals surface area (Å²) in [6, 6.07) is 10.2. The lowest BCUT2D eigenvalue weighted by atomic mass is 10.1. The Labute approximate surface area is 186 Å². The molecule has 30 heavy (non-hydrogen) atoms. The Bertz CT molecular complexity index is 459. The summed E-state index contributed by atoms with van der Waals surface area (Å²) in [6.45, 7) is 8.97. The van der Waals surface area contributed by atoms with Crippen molar-refractivity contribution in [2.75, 3.05) is 5.43 Å². The van der Waals surface area contributed by atoms with Crippen LogP contribution in [0.2, 0.25) is 0 Å². The molecule has 0 aliphatic rings. The van der Waals surface area contributed by atoms with E-state index in [0.717, 1.165) is 44.2 Å². The van der Waals surface area contributed by atoms with E-state index in [-0.39, 0.29) is 12.2 Å². The van der Waals surface area contributed by atoms with Gasteiger partial charge in [0, 0.05) is 5.34 Å². The first kappa shape index (κ1) is 26.9. The molecule has 0 saturated carbocycles. The molecule has 0 bridgehead atoms. The summed E-state index contributed by atoms with van der Waals surface area (Å²) in [6.07, 6.45) is 17.0. The van der Waals surface area contributed by atoms with Crippen molar-refractivity contribution >= 4 is 5.69 Å². The van der Waals surface area contributed by atoms with Crippen molar-refractivity contribution in [3.8, 4) is 0 Å². The number of nitrogens with one attached hydrogen (secondary N) is 1. The van der Waals surface area contributed by atoms with E-state index < -0.39 is 0 Å². The van der Waals surface area contributed by atoms with Crippen LogP contribution in [0.5, 0.6) is 0 Å². The van der Waals surface area contributed by atoms with E-state index in [2.05, 4.69) is 33.1 Å². The van der Waals surface area contributed by atoms with Crippen LogP contribution in [0.25, 0.3) is 0 Å². The average molecular weight is 421 g/mol. The first-order valence-corrected chi connectivity index (χ1v) is 12.7. The molecule has 1 rings (SSSR count). The number of hydrazine groups is 1. The SMILES string of the molecule is CCCCCCC(CCC)ON(Nc1ccccc1)OC(CCC)CCCCCC. The fraction of sp³-hybridized carbons (Fsp3) is 0.769. The number of unbranched alkanes of at least 4 members (excludes halogenated alkanes) is 6. The molecule has 1 aromatic carbocycles. The van der Waals surface area contributed by atoms with E-state index in [1.165, 1.54) is 51.4 Å². The third kappa shape index (κ3) is 13.3. The third-order valence-electron chi connectivity index (χ3n) is 5.46. The predicted molar refractivity (Wildman–Crippen MR) is 129 cm³/mol. The molecule has 4 nitrogen and oxygen atoms in total. The third-order valence-corrected chi connectivity index (χ3v) is 5.46. The lowest BCUT2D eigenvalue weighted by Gasteiger charge is -2.30. The van der Waals surface area contributed by atoms with Crippen LogP contribution in [0.15, 0.2) is 30.3 Å². The van der Waals surface area contributed by atoms with Crippen LogP contribution in [-0.2, 0) is 9.68 Å². The monoisotopic (exact) mass is 420 g/mol. The van der Waals surface area contributed by atoms with Crippen molar-refractivity contribution in [1.29, 1.82) is 0 Å². The van der Waals surface area contributed by atoms with Gasteiger partial charge < -0.3 is 0 Å². The molecule has 0 heterocycles. The van der Waals surface area contributed by atoms with Gasteiger partial charge in [0.25, 0.3) is 0 Å². The van der Waals surface area contributed by atoms with Gasteiger partial charge in [-0.25, -0.2) is 0 Å². The molecule has 2 atom stereocenters.